The molecular weight excluding hydrogens is 238 g/mol. The summed E-state index contributed by atoms with van der Waals surface area (Å²) < 4.78 is 9.42. The second-order valence-electron chi connectivity index (χ2n) is 3.77. The van der Waals surface area contributed by atoms with Crippen molar-refractivity contribution in [2.45, 2.75) is 6.92 Å². The van der Waals surface area contributed by atoms with Gasteiger partial charge in [0.15, 0.2) is 5.76 Å². The van der Waals surface area contributed by atoms with Crippen LogP contribution in [0.25, 0.3) is 0 Å². The van der Waals surface area contributed by atoms with Crippen LogP contribution in [0.2, 0.25) is 0 Å². The first-order valence-electron chi connectivity index (χ1n) is 5.16. The maximum absolute atomic E-state index is 12.0. The summed E-state index contributed by atoms with van der Waals surface area (Å²) >= 11 is 0. The van der Waals surface area contributed by atoms with Gasteiger partial charge in [-0.05, 0) is 12.5 Å². The van der Waals surface area contributed by atoms with Crippen LogP contribution in [-0.4, -0.2) is 36.7 Å². The zero-order valence-electron chi connectivity index (χ0n) is 10.1. The third-order valence-electron chi connectivity index (χ3n) is 2.82. The number of methoxy groups -OCH3 is 2. The van der Waals surface area contributed by atoms with E-state index in [1.165, 1.54) is 14.2 Å². The highest BCUT2D eigenvalue weighted by molar-refractivity contribution is 6.24. The van der Waals surface area contributed by atoms with Crippen LogP contribution in [0.3, 0.4) is 0 Å². The Labute approximate surface area is 103 Å². The molecule has 0 amide bonds. The first-order valence-corrected chi connectivity index (χ1v) is 5.16. The summed E-state index contributed by atoms with van der Waals surface area (Å²) in [4.78, 5) is 37.9. The summed E-state index contributed by atoms with van der Waals surface area (Å²) in [6.45, 7) is 1.57. The fourth-order valence-electron chi connectivity index (χ4n) is 1.90. The van der Waals surface area contributed by atoms with E-state index < -0.39 is 17.5 Å². The number of ether oxygens (including phenoxy) is 2. The van der Waals surface area contributed by atoms with E-state index in [9.17, 15) is 14.4 Å². The monoisotopic (exact) mass is 249 g/mol. The molecule has 1 aliphatic rings. The van der Waals surface area contributed by atoms with Crippen LogP contribution < -0.4 is 0 Å². The van der Waals surface area contributed by atoms with Gasteiger partial charge in [-0.1, -0.05) is 0 Å². The van der Waals surface area contributed by atoms with Crippen molar-refractivity contribution in [2.24, 2.45) is 0 Å². The number of carbonyl (C=O) groups excluding carboxylic acids is 3. The molecular formula is C12H11NO5. The lowest BCUT2D eigenvalue weighted by molar-refractivity contribution is 0.0594. The number of hydrogen-bond donors (Lipinski definition) is 1. The molecule has 1 aromatic heterocycles. The van der Waals surface area contributed by atoms with Gasteiger partial charge in [-0.15, -0.1) is 0 Å². The molecule has 0 saturated carbocycles. The molecule has 0 aromatic carbocycles. The third-order valence-corrected chi connectivity index (χ3v) is 2.82. The van der Waals surface area contributed by atoms with E-state index in [2.05, 4.69) is 9.72 Å². The lowest BCUT2D eigenvalue weighted by atomic mass is 9.97. The van der Waals surface area contributed by atoms with E-state index in [-0.39, 0.29) is 22.7 Å². The van der Waals surface area contributed by atoms with Crippen molar-refractivity contribution in [3.8, 4) is 0 Å². The number of nitrogens with one attached hydrogen (secondary N) is 1. The number of Topliss-reactive ketones (excluding diaryl/α,β-unsaturated/α-hetero) is 1. The molecule has 0 spiro atoms. The van der Waals surface area contributed by atoms with Crippen molar-refractivity contribution in [3.05, 3.63) is 34.3 Å². The van der Waals surface area contributed by atoms with Crippen molar-refractivity contribution in [1.29, 1.82) is 0 Å². The van der Waals surface area contributed by atoms with E-state index in [0.717, 1.165) is 6.08 Å². The number of esters is 1. The highest BCUT2D eigenvalue weighted by Crippen LogP contribution is 2.27. The predicted molar refractivity (Wildman–Crippen MR) is 60.6 cm³/mol. The number of rotatable bonds is 2. The fraction of sp³-hybridized carbons (Fsp3) is 0.250. The molecule has 1 heterocycles. The largest absolute Gasteiger partial charge is 0.492 e. The number of fused-ring (bicyclic) bond motifs is 1. The van der Waals surface area contributed by atoms with E-state index in [1.54, 1.807) is 6.92 Å². The van der Waals surface area contributed by atoms with E-state index in [4.69, 9.17) is 4.74 Å². The molecule has 0 unspecified atom stereocenters. The molecule has 0 bridgehead atoms. The van der Waals surface area contributed by atoms with Crippen molar-refractivity contribution >= 4 is 17.5 Å². The van der Waals surface area contributed by atoms with Crippen molar-refractivity contribution in [2.75, 3.05) is 14.2 Å². The first kappa shape index (κ1) is 12.1. The molecule has 1 N–H and O–H groups in total. The van der Waals surface area contributed by atoms with Gasteiger partial charge in [-0.2, -0.15) is 0 Å². The van der Waals surface area contributed by atoms with Crippen LogP contribution in [0.4, 0.5) is 0 Å². The molecule has 18 heavy (non-hydrogen) atoms. The van der Waals surface area contributed by atoms with Gasteiger partial charge in [0.05, 0.1) is 25.5 Å². The molecule has 2 rings (SSSR count). The summed E-state index contributed by atoms with van der Waals surface area (Å²) in [5, 5.41) is 0. The number of aromatic nitrogens is 1. The van der Waals surface area contributed by atoms with E-state index in [1.807, 2.05) is 0 Å². The Hall–Kier alpha value is -2.37. The van der Waals surface area contributed by atoms with Gasteiger partial charge in [-0.3, -0.25) is 9.59 Å². The van der Waals surface area contributed by atoms with Crippen LogP contribution in [0, 0.1) is 6.92 Å². The van der Waals surface area contributed by atoms with Crippen LogP contribution in [0.15, 0.2) is 11.8 Å². The molecule has 94 valence electrons. The number of aromatic amines is 1. The van der Waals surface area contributed by atoms with Crippen molar-refractivity contribution in [1.82, 2.24) is 4.98 Å². The fourth-order valence-corrected chi connectivity index (χ4v) is 1.90. The first-order chi connectivity index (χ1) is 8.51. The van der Waals surface area contributed by atoms with Gasteiger partial charge >= 0.3 is 5.97 Å². The molecule has 1 aromatic rings. The molecule has 6 nitrogen and oxygen atoms in total. The minimum atomic E-state index is -0.624. The lowest BCUT2D eigenvalue weighted by Gasteiger charge is -2.10. The van der Waals surface area contributed by atoms with Gasteiger partial charge < -0.3 is 14.5 Å². The Morgan fingerprint density at radius 1 is 1.28 bits per heavy atom. The Kier molecular flexibility index (Phi) is 2.78. The smallest absolute Gasteiger partial charge is 0.354 e. The predicted octanol–water partition coefficient (Wildman–Crippen LogP) is 1.02. The molecule has 0 fully saturated rings. The van der Waals surface area contributed by atoms with Gasteiger partial charge in [0.1, 0.15) is 5.69 Å². The highest BCUT2D eigenvalue weighted by Gasteiger charge is 2.33. The minimum Gasteiger partial charge on any atom is -0.492 e. The zero-order chi connectivity index (χ0) is 13.4. The molecule has 6 heteroatoms. The Morgan fingerprint density at radius 2 is 1.94 bits per heavy atom. The average Bonchev–Trinajstić information content (AvgIpc) is 2.71. The molecule has 0 saturated heterocycles. The number of carbonyl (C=O) groups is 3. The third kappa shape index (κ3) is 1.54. The van der Waals surface area contributed by atoms with Crippen molar-refractivity contribution in [3.63, 3.8) is 0 Å². The molecule has 0 atom stereocenters. The second kappa shape index (κ2) is 4.14. The molecule has 0 radical (unpaired) electrons. The molecule has 0 aliphatic heterocycles. The summed E-state index contributed by atoms with van der Waals surface area (Å²) in [7, 11) is 2.54. The van der Waals surface area contributed by atoms with E-state index >= 15 is 0 Å². The average molecular weight is 249 g/mol. The molecule has 1 aliphatic carbocycles. The van der Waals surface area contributed by atoms with Gasteiger partial charge in [0.25, 0.3) is 0 Å². The quantitative estimate of drug-likeness (QED) is 0.791. The lowest BCUT2D eigenvalue weighted by Crippen LogP contribution is -2.17. The zero-order valence-corrected chi connectivity index (χ0v) is 10.1. The normalized spacial score (nSPS) is 14.1. The summed E-state index contributed by atoms with van der Waals surface area (Å²) in [5.41, 5.74) is 0.756. The van der Waals surface area contributed by atoms with Gasteiger partial charge in [0, 0.05) is 6.08 Å². The van der Waals surface area contributed by atoms with Gasteiger partial charge in [0.2, 0.25) is 11.6 Å². The number of allylic oxidation sites excluding steroid dienone is 2. The Morgan fingerprint density at radius 3 is 2.50 bits per heavy atom. The second-order valence-corrected chi connectivity index (χ2v) is 3.77. The maximum Gasteiger partial charge on any atom is 0.354 e. The minimum absolute atomic E-state index is 0.0361. The number of hydrogen-bond acceptors (Lipinski definition) is 5. The summed E-state index contributed by atoms with van der Waals surface area (Å²) in [5.74, 6) is -1.48. The maximum atomic E-state index is 12.0. The standard InChI is InChI=1S/C12H11NO5/c1-5-8-10(13-9(5)12(16)18-3)6(14)4-7(17-2)11(8)15/h4,13H,1-3H3. The highest BCUT2D eigenvalue weighted by atomic mass is 16.5. The number of H-pyrrole nitrogens is 1. The topological polar surface area (TPSA) is 85.5 Å². The van der Waals surface area contributed by atoms with Crippen LogP contribution in [0.5, 0.6) is 0 Å². The van der Waals surface area contributed by atoms with Crippen LogP contribution in [-0.2, 0) is 9.47 Å². The summed E-state index contributed by atoms with van der Waals surface area (Å²) in [6.07, 6.45) is 1.10. The SMILES string of the molecule is COC(=O)c1[nH]c2c(c1C)C(=O)C(OC)=CC2=O. The van der Waals surface area contributed by atoms with Gasteiger partial charge in [-0.25, -0.2) is 4.79 Å². The van der Waals surface area contributed by atoms with Crippen LogP contribution >= 0.6 is 0 Å². The van der Waals surface area contributed by atoms with Crippen molar-refractivity contribution < 1.29 is 23.9 Å². The Bertz CT molecular complexity index is 594. The van der Waals surface area contributed by atoms with E-state index in [0.29, 0.717) is 5.56 Å². The van der Waals surface area contributed by atoms with Crippen LogP contribution in [0.1, 0.15) is 36.9 Å². The number of ketones is 2. The summed E-state index contributed by atoms with van der Waals surface area (Å²) in [6, 6.07) is 0. The Balaban J connectivity index is 2.63.